The van der Waals surface area contributed by atoms with Crippen molar-refractivity contribution in [3.63, 3.8) is 0 Å². The van der Waals surface area contributed by atoms with Crippen LogP contribution in [0.3, 0.4) is 0 Å². The molecule has 1 unspecified atom stereocenters. The molecule has 0 aliphatic carbocycles. The maximum Gasteiger partial charge on any atom is 0.255 e. The lowest BCUT2D eigenvalue weighted by Gasteiger charge is -2.16. The Morgan fingerprint density at radius 3 is 2.60 bits per heavy atom. The Morgan fingerprint density at radius 1 is 1.45 bits per heavy atom. The number of aromatic nitrogens is 2. The fourth-order valence-corrected chi connectivity index (χ4v) is 2.01. The highest BCUT2D eigenvalue weighted by atomic mass is 35.5. The molecule has 106 valence electrons. The van der Waals surface area contributed by atoms with E-state index in [-0.39, 0.29) is 12.5 Å². The summed E-state index contributed by atoms with van der Waals surface area (Å²) in [5.74, 6) is -0.260. The number of hydrogen-bond donors (Lipinski definition) is 2. The van der Waals surface area contributed by atoms with Gasteiger partial charge in [0.15, 0.2) is 0 Å². The van der Waals surface area contributed by atoms with Gasteiger partial charge in [-0.25, -0.2) is 0 Å². The van der Waals surface area contributed by atoms with Crippen LogP contribution in [0.25, 0.3) is 0 Å². The monoisotopic (exact) mass is 293 g/mol. The Bertz CT molecular complexity index is 607. The highest BCUT2D eigenvalue weighted by molar-refractivity contribution is 6.30. The first kappa shape index (κ1) is 14.6. The van der Waals surface area contributed by atoms with Gasteiger partial charge in [-0.1, -0.05) is 23.7 Å². The summed E-state index contributed by atoms with van der Waals surface area (Å²) in [6.07, 6.45) is 1.51. The molecule has 0 spiro atoms. The van der Waals surface area contributed by atoms with Gasteiger partial charge in [-0.3, -0.25) is 9.48 Å². The summed E-state index contributed by atoms with van der Waals surface area (Å²) in [5, 5.41) is 16.9. The number of halogens is 1. The summed E-state index contributed by atoms with van der Waals surface area (Å²) < 4.78 is 1.63. The number of hydrogen-bond acceptors (Lipinski definition) is 3. The number of aliphatic hydroxyl groups excluding tert-OH is 1. The summed E-state index contributed by atoms with van der Waals surface area (Å²) in [6, 6.07) is 6.53. The second-order valence-corrected chi connectivity index (χ2v) is 4.96. The van der Waals surface area contributed by atoms with Gasteiger partial charge in [0.05, 0.1) is 24.4 Å². The molecule has 2 aromatic rings. The summed E-state index contributed by atoms with van der Waals surface area (Å²) in [6.45, 7) is 1.63. The zero-order valence-electron chi connectivity index (χ0n) is 11.3. The molecular weight excluding hydrogens is 278 g/mol. The summed E-state index contributed by atoms with van der Waals surface area (Å²) >= 11 is 5.82. The molecule has 2 rings (SSSR count). The molecule has 0 aliphatic heterocycles. The van der Waals surface area contributed by atoms with Gasteiger partial charge in [-0.2, -0.15) is 5.10 Å². The Hall–Kier alpha value is -1.85. The lowest BCUT2D eigenvalue weighted by atomic mass is 10.1. The van der Waals surface area contributed by atoms with Gasteiger partial charge >= 0.3 is 0 Å². The van der Waals surface area contributed by atoms with Crippen LogP contribution < -0.4 is 5.32 Å². The number of aliphatic hydroxyl groups is 1. The Labute approximate surface area is 122 Å². The minimum Gasteiger partial charge on any atom is -0.394 e. The third-order valence-electron chi connectivity index (χ3n) is 3.24. The first-order valence-electron chi connectivity index (χ1n) is 6.18. The number of aryl methyl sites for hydroxylation is 1. The van der Waals surface area contributed by atoms with E-state index in [1.54, 1.807) is 36.0 Å². The van der Waals surface area contributed by atoms with Gasteiger partial charge in [0.25, 0.3) is 5.91 Å². The highest BCUT2D eigenvalue weighted by Crippen LogP contribution is 2.17. The first-order valence-corrected chi connectivity index (χ1v) is 6.56. The standard InChI is InChI=1S/C14H16ClN3O2/c1-9-12(7-16-18(9)2)14(20)17-13(8-19)10-3-5-11(15)6-4-10/h3-7,13,19H,8H2,1-2H3,(H,17,20). The molecule has 0 bridgehead atoms. The van der Waals surface area contributed by atoms with Crippen LogP contribution in [-0.2, 0) is 7.05 Å². The van der Waals surface area contributed by atoms with Crippen molar-refractivity contribution in [2.45, 2.75) is 13.0 Å². The van der Waals surface area contributed by atoms with Gasteiger partial charge in [0.1, 0.15) is 0 Å². The molecule has 2 N–H and O–H groups in total. The average molecular weight is 294 g/mol. The van der Waals surface area contributed by atoms with Gasteiger partial charge in [0.2, 0.25) is 0 Å². The smallest absolute Gasteiger partial charge is 0.255 e. The minimum atomic E-state index is -0.473. The SMILES string of the molecule is Cc1c(C(=O)NC(CO)c2ccc(Cl)cc2)cnn1C. The lowest BCUT2D eigenvalue weighted by molar-refractivity contribution is 0.0915. The van der Waals surface area contributed by atoms with E-state index in [2.05, 4.69) is 10.4 Å². The van der Waals surface area contributed by atoms with Crippen molar-refractivity contribution >= 4 is 17.5 Å². The normalized spacial score (nSPS) is 12.2. The fraction of sp³-hybridized carbons (Fsp3) is 0.286. The van der Waals surface area contributed by atoms with Crippen molar-refractivity contribution in [3.8, 4) is 0 Å². The summed E-state index contributed by atoms with van der Waals surface area (Å²) in [7, 11) is 1.77. The van der Waals surface area contributed by atoms with E-state index in [9.17, 15) is 9.90 Å². The molecule has 1 aromatic heterocycles. The van der Waals surface area contributed by atoms with Crippen LogP contribution in [-0.4, -0.2) is 27.4 Å². The molecule has 0 saturated heterocycles. The van der Waals surface area contributed by atoms with E-state index in [0.717, 1.165) is 11.3 Å². The molecule has 0 radical (unpaired) electrons. The third kappa shape index (κ3) is 3.00. The number of carbonyl (C=O) groups excluding carboxylic acids is 1. The van der Waals surface area contributed by atoms with E-state index in [0.29, 0.717) is 10.6 Å². The predicted octanol–water partition coefficient (Wildman–Crippen LogP) is 1.85. The van der Waals surface area contributed by atoms with Crippen LogP contribution in [0.15, 0.2) is 30.5 Å². The fourth-order valence-electron chi connectivity index (χ4n) is 1.89. The predicted molar refractivity (Wildman–Crippen MR) is 76.7 cm³/mol. The van der Waals surface area contributed by atoms with E-state index in [1.165, 1.54) is 6.20 Å². The van der Waals surface area contributed by atoms with Gasteiger partial charge < -0.3 is 10.4 Å². The van der Waals surface area contributed by atoms with Crippen LogP contribution in [0.1, 0.15) is 27.7 Å². The van der Waals surface area contributed by atoms with E-state index >= 15 is 0 Å². The quantitative estimate of drug-likeness (QED) is 0.904. The molecule has 6 heteroatoms. The Kier molecular flexibility index (Phi) is 4.42. The van der Waals surface area contributed by atoms with Crippen LogP contribution in [0, 0.1) is 6.92 Å². The molecular formula is C14H16ClN3O2. The maximum absolute atomic E-state index is 12.2. The van der Waals surface area contributed by atoms with Gasteiger partial charge in [-0.05, 0) is 24.6 Å². The lowest BCUT2D eigenvalue weighted by Crippen LogP contribution is -2.31. The largest absolute Gasteiger partial charge is 0.394 e. The van der Waals surface area contributed by atoms with E-state index < -0.39 is 6.04 Å². The first-order chi connectivity index (χ1) is 9.52. The van der Waals surface area contributed by atoms with Crippen LogP contribution in [0.5, 0.6) is 0 Å². The van der Waals surface area contributed by atoms with Crippen molar-refractivity contribution in [1.82, 2.24) is 15.1 Å². The molecule has 1 amide bonds. The van der Waals surface area contributed by atoms with Crippen molar-refractivity contribution in [2.24, 2.45) is 7.05 Å². The number of amides is 1. The summed E-state index contributed by atoms with van der Waals surface area (Å²) in [4.78, 5) is 12.2. The van der Waals surface area contributed by atoms with Crippen molar-refractivity contribution < 1.29 is 9.90 Å². The van der Waals surface area contributed by atoms with Crippen LogP contribution >= 0.6 is 11.6 Å². The number of carbonyl (C=O) groups is 1. The number of nitrogens with one attached hydrogen (secondary N) is 1. The minimum absolute atomic E-state index is 0.188. The van der Waals surface area contributed by atoms with Gasteiger partial charge in [0, 0.05) is 17.8 Å². The van der Waals surface area contributed by atoms with Crippen molar-refractivity contribution in [1.29, 1.82) is 0 Å². The van der Waals surface area contributed by atoms with Crippen LogP contribution in [0.2, 0.25) is 5.02 Å². The van der Waals surface area contributed by atoms with E-state index in [4.69, 9.17) is 11.6 Å². The number of nitrogens with zero attached hydrogens (tertiary/aromatic N) is 2. The highest BCUT2D eigenvalue weighted by Gasteiger charge is 2.18. The molecule has 1 heterocycles. The Balaban J connectivity index is 2.16. The maximum atomic E-state index is 12.2. The van der Waals surface area contributed by atoms with Crippen molar-refractivity contribution in [3.05, 3.63) is 52.3 Å². The van der Waals surface area contributed by atoms with Crippen LogP contribution in [0.4, 0.5) is 0 Å². The molecule has 5 nitrogen and oxygen atoms in total. The summed E-state index contributed by atoms with van der Waals surface area (Å²) in [5.41, 5.74) is 2.07. The van der Waals surface area contributed by atoms with Crippen molar-refractivity contribution in [2.75, 3.05) is 6.61 Å². The van der Waals surface area contributed by atoms with E-state index in [1.807, 2.05) is 6.92 Å². The topological polar surface area (TPSA) is 67.2 Å². The molecule has 0 saturated carbocycles. The average Bonchev–Trinajstić information content (AvgIpc) is 2.77. The zero-order chi connectivity index (χ0) is 14.7. The number of rotatable bonds is 4. The molecule has 1 aromatic carbocycles. The molecule has 0 fully saturated rings. The zero-order valence-corrected chi connectivity index (χ0v) is 12.1. The Morgan fingerprint density at radius 2 is 2.10 bits per heavy atom. The second kappa shape index (κ2) is 6.07. The number of benzene rings is 1. The third-order valence-corrected chi connectivity index (χ3v) is 3.49. The van der Waals surface area contributed by atoms with Gasteiger partial charge in [-0.15, -0.1) is 0 Å². The molecule has 1 atom stereocenters. The molecule has 20 heavy (non-hydrogen) atoms. The molecule has 0 aliphatic rings. The second-order valence-electron chi connectivity index (χ2n) is 4.53.